The van der Waals surface area contributed by atoms with E-state index in [4.69, 9.17) is 25.5 Å². The second kappa shape index (κ2) is 12.9. The van der Waals surface area contributed by atoms with Gasteiger partial charge in [-0.25, -0.2) is 10.2 Å². The van der Waals surface area contributed by atoms with Crippen LogP contribution in [0, 0.1) is 11.3 Å². The summed E-state index contributed by atoms with van der Waals surface area (Å²) in [6, 6.07) is 0. The predicted molar refractivity (Wildman–Crippen MR) is 42.4 cm³/mol. The van der Waals surface area contributed by atoms with Crippen LogP contribution in [0.15, 0.2) is 0 Å². The minimum absolute atomic E-state index is 0.0104. The molecule has 0 heterocycles. The van der Waals surface area contributed by atoms with Gasteiger partial charge >= 0.3 is 0 Å². The summed E-state index contributed by atoms with van der Waals surface area (Å²) in [6.07, 6.45) is 2.11. The van der Waals surface area contributed by atoms with Gasteiger partial charge in [-0.1, -0.05) is 0 Å². The fraction of sp³-hybridized carbons (Fsp3) is 0.857. The lowest BCUT2D eigenvalue weighted by Gasteiger charge is -2.07. The summed E-state index contributed by atoms with van der Waals surface area (Å²) < 4.78 is 0. The van der Waals surface area contributed by atoms with E-state index in [1.807, 2.05) is 0 Å². The molecule has 0 saturated heterocycles. The van der Waals surface area contributed by atoms with Crippen LogP contribution in [0.2, 0.25) is 0 Å². The number of hydrogen-bond donors (Lipinski definition) is 4. The number of carbonyl (C=O) groups excluding carboxylic acids is 1. The molecule has 72 valence electrons. The third-order valence-electron chi connectivity index (χ3n) is 1.29. The smallest absolute Gasteiger partial charge is 0.231 e. The molecule has 0 saturated carbocycles. The first kappa shape index (κ1) is 13.8. The van der Waals surface area contributed by atoms with Crippen molar-refractivity contribution >= 4 is 6.08 Å². The molecule has 5 nitrogen and oxygen atoms in total. The first-order chi connectivity index (χ1) is 5.76. The Labute approximate surface area is 71.2 Å². The number of aliphatic hydroxyl groups is 3. The lowest BCUT2D eigenvalue weighted by molar-refractivity contribution is 0.136. The first-order valence-corrected chi connectivity index (χ1v) is 3.63. The summed E-state index contributed by atoms with van der Waals surface area (Å²) in [5.41, 5.74) is 0. The van der Waals surface area contributed by atoms with Gasteiger partial charge in [0.1, 0.15) is 0 Å². The van der Waals surface area contributed by atoms with Gasteiger partial charge in [0.05, 0.1) is 0 Å². The Balaban J connectivity index is 0. The quantitative estimate of drug-likeness (QED) is 0.328. The highest BCUT2D eigenvalue weighted by Gasteiger charge is 2.03. The van der Waals surface area contributed by atoms with E-state index in [1.165, 1.54) is 0 Å². The third kappa shape index (κ3) is 12.0. The Morgan fingerprint density at radius 3 is 1.92 bits per heavy atom. The molecule has 0 aromatic rings. The van der Waals surface area contributed by atoms with E-state index in [0.29, 0.717) is 12.8 Å². The zero-order chi connectivity index (χ0) is 9.82. The molecule has 0 fully saturated rings. The molecule has 0 bridgehead atoms. The first-order valence-electron chi connectivity index (χ1n) is 3.63. The van der Waals surface area contributed by atoms with Gasteiger partial charge in [-0.3, -0.25) is 0 Å². The number of nitrogens with one attached hydrogen (secondary N) is 1. The van der Waals surface area contributed by atoms with Crippen LogP contribution in [0.3, 0.4) is 0 Å². The van der Waals surface area contributed by atoms with Gasteiger partial charge in [0.2, 0.25) is 6.08 Å². The second-order valence-electron chi connectivity index (χ2n) is 2.20. The van der Waals surface area contributed by atoms with Gasteiger partial charge in [0.25, 0.3) is 0 Å². The lowest BCUT2D eigenvalue weighted by Crippen LogP contribution is -2.11. The largest absolute Gasteiger partial charge is 0.396 e. The summed E-state index contributed by atoms with van der Waals surface area (Å²) in [5, 5.41) is 30.8. The van der Waals surface area contributed by atoms with Crippen LogP contribution in [0.1, 0.15) is 12.8 Å². The van der Waals surface area contributed by atoms with E-state index in [0.717, 1.165) is 6.08 Å². The zero-order valence-electron chi connectivity index (χ0n) is 6.86. The number of hydrogen-bond acceptors (Lipinski definition) is 5. The molecule has 0 aliphatic rings. The maximum atomic E-state index is 8.51. The van der Waals surface area contributed by atoms with Gasteiger partial charge in [0.15, 0.2) is 0 Å². The topological polar surface area (TPSA) is 102 Å². The SMILES string of the molecule is N=C=O.OCCCC(CO)CO. The van der Waals surface area contributed by atoms with Crippen LogP contribution in [0.5, 0.6) is 0 Å². The fourth-order valence-corrected chi connectivity index (χ4v) is 0.620. The third-order valence-corrected chi connectivity index (χ3v) is 1.29. The molecular formula is C7H15NO4. The van der Waals surface area contributed by atoms with Crippen LogP contribution < -0.4 is 0 Å². The predicted octanol–water partition coefficient (Wildman–Crippen LogP) is -0.739. The van der Waals surface area contributed by atoms with Crippen LogP contribution >= 0.6 is 0 Å². The van der Waals surface area contributed by atoms with E-state index in [9.17, 15) is 0 Å². The highest BCUT2D eigenvalue weighted by atomic mass is 16.3. The van der Waals surface area contributed by atoms with E-state index in [2.05, 4.69) is 0 Å². The van der Waals surface area contributed by atoms with Gasteiger partial charge in [0, 0.05) is 25.7 Å². The molecule has 0 aliphatic heterocycles. The maximum Gasteiger partial charge on any atom is 0.231 e. The minimum Gasteiger partial charge on any atom is -0.396 e. The summed E-state index contributed by atoms with van der Waals surface area (Å²) in [5.74, 6) is -0.0443. The molecule has 0 radical (unpaired) electrons. The van der Waals surface area contributed by atoms with Crippen molar-refractivity contribution in [3.8, 4) is 0 Å². The van der Waals surface area contributed by atoms with Gasteiger partial charge < -0.3 is 15.3 Å². The Morgan fingerprint density at radius 1 is 1.25 bits per heavy atom. The van der Waals surface area contributed by atoms with Crippen molar-refractivity contribution in [2.24, 2.45) is 5.92 Å². The molecule has 0 spiro atoms. The number of aliphatic hydroxyl groups excluding tert-OH is 3. The molecular weight excluding hydrogens is 162 g/mol. The summed E-state index contributed by atoms with van der Waals surface area (Å²) in [7, 11) is 0. The van der Waals surface area contributed by atoms with Crippen molar-refractivity contribution in [2.45, 2.75) is 12.8 Å². The van der Waals surface area contributed by atoms with Crippen molar-refractivity contribution in [2.75, 3.05) is 19.8 Å². The average molecular weight is 177 g/mol. The molecule has 12 heavy (non-hydrogen) atoms. The Hall–Kier alpha value is -0.740. The molecule has 4 N–H and O–H groups in total. The lowest BCUT2D eigenvalue weighted by atomic mass is 10.1. The van der Waals surface area contributed by atoms with Gasteiger partial charge in [-0.05, 0) is 12.8 Å². The van der Waals surface area contributed by atoms with E-state index < -0.39 is 0 Å². The highest BCUT2D eigenvalue weighted by molar-refractivity contribution is 5.26. The van der Waals surface area contributed by atoms with Gasteiger partial charge in [-0.15, -0.1) is 0 Å². The van der Waals surface area contributed by atoms with E-state index >= 15 is 0 Å². The monoisotopic (exact) mass is 177 g/mol. The standard InChI is InChI=1S/C6H14O3.CHNO/c7-3-1-2-6(4-8)5-9;2-1-3/h6-9H,1-5H2;2H. The fourth-order valence-electron chi connectivity index (χ4n) is 0.620. The summed E-state index contributed by atoms with van der Waals surface area (Å²) >= 11 is 0. The number of isocyanates is 1. The van der Waals surface area contributed by atoms with Crippen molar-refractivity contribution < 1.29 is 20.1 Å². The van der Waals surface area contributed by atoms with Crippen LogP contribution in [0.4, 0.5) is 0 Å². The summed E-state index contributed by atoms with van der Waals surface area (Å²) in [4.78, 5) is 8.35. The molecule has 0 atom stereocenters. The average Bonchev–Trinajstić information content (AvgIpc) is 2.08. The zero-order valence-corrected chi connectivity index (χ0v) is 6.86. The number of rotatable bonds is 5. The normalized spacial score (nSPS) is 8.67. The van der Waals surface area contributed by atoms with Crippen molar-refractivity contribution in [3.63, 3.8) is 0 Å². The molecule has 0 rings (SSSR count). The van der Waals surface area contributed by atoms with Crippen LogP contribution in [-0.2, 0) is 4.79 Å². The van der Waals surface area contributed by atoms with Crippen molar-refractivity contribution in [3.05, 3.63) is 0 Å². The summed E-state index contributed by atoms with van der Waals surface area (Å²) in [6.45, 7) is 0.156. The molecule has 0 aromatic heterocycles. The second-order valence-corrected chi connectivity index (χ2v) is 2.20. The Bertz CT molecular complexity index is 108. The minimum atomic E-state index is -0.0443. The van der Waals surface area contributed by atoms with E-state index in [1.54, 1.807) is 0 Å². The van der Waals surface area contributed by atoms with Gasteiger partial charge in [-0.2, -0.15) is 0 Å². The maximum absolute atomic E-state index is 8.51. The molecule has 5 heteroatoms. The Kier molecular flexibility index (Phi) is 14.9. The molecule has 0 amide bonds. The Morgan fingerprint density at radius 2 is 1.67 bits per heavy atom. The van der Waals surface area contributed by atoms with E-state index in [-0.39, 0.29) is 25.7 Å². The van der Waals surface area contributed by atoms with Crippen molar-refractivity contribution in [1.29, 1.82) is 5.41 Å². The molecule has 0 unspecified atom stereocenters. The van der Waals surface area contributed by atoms with Crippen LogP contribution in [-0.4, -0.2) is 41.2 Å². The molecule has 0 aliphatic carbocycles. The molecule has 0 aromatic carbocycles. The highest BCUT2D eigenvalue weighted by Crippen LogP contribution is 2.02. The van der Waals surface area contributed by atoms with Crippen molar-refractivity contribution in [1.82, 2.24) is 0 Å². The van der Waals surface area contributed by atoms with Crippen LogP contribution in [0.25, 0.3) is 0 Å².